The summed E-state index contributed by atoms with van der Waals surface area (Å²) < 4.78 is 2.15. The molecule has 0 amide bonds. The first kappa shape index (κ1) is 11.5. The highest BCUT2D eigenvalue weighted by Gasteiger charge is 2.08. The van der Waals surface area contributed by atoms with Gasteiger partial charge >= 0.3 is 0 Å². The minimum Gasteiger partial charge on any atom is -0.397 e. The number of aryl methyl sites for hydroxylation is 1. The number of hydrogen-bond acceptors (Lipinski definition) is 1. The third-order valence-corrected chi connectivity index (χ3v) is 2.96. The number of nitrogens with zero attached hydrogens (tertiary/aromatic N) is 1. The molecule has 3 rings (SSSR count). The van der Waals surface area contributed by atoms with E-state index in [1.54, 1.807) is 0 Å². The lowest BCUT2D eigenvalue weighted by molar-refractivity contribution is 1.02. The average molecular weight is 226 g/mol. The average Bonchev–Trinajstić information content (AvgIpc) is 2.68. The third-order valence-electron chi connectivity index (χ3n) is 2.96. The molecule has 2 aromatic carbocycles. The summed E-state index contributed by atoms with van der Waals surface area (Å²) in [6.07, 6.45) is 0. The topological polar surface area (TPSA) is 30.9 Å². The molecular formula is C15H18N2. The molecule has 0 spiro atoms. The standard InChI is InChI=1S/C13H12N2.C2H6/c1-15-12-8-3-2-5-9(12)10-6-4-7-11(14)13(10)15;1-2/h2-8H,14H2,1H3;1-2H3. The summed E-state index contributed by atoms with van der Waals surface area (Å²) in [7, 11) is 2.06. The molecule has 88 valence electrons. The number of nitrogens with two attached hydrogens (primary N) is 1. The summed E-state index contributed by atoms with van der Waals surface area (Å²) in [5.41, 5.74) is 9.19. The second-order valence-electron chi connectivity index (χ2n) is 3.82. The summed E-state index contributed by atoms with van der Waals surface area (Å²) >= 11 is 0. The first-order valence-electron chi connectivity index (χ1n) is 6.00. The van der Waals surface area contributed by atoms with Crippen molar-refractivity contribution in [3.63, 3.8) is 0 Å². The largest absolute Gasteiger partial charge is 0.397 e. The van der Waals surface area contributed by atoms with E-state index in [0.29, 0.717) is 0 Å². The van der Waals surface area contributed by atoms with E-state index in [-0.39, 0.29) is 0 Å². The molecule has 0 saturated carbocycles. The minimum absolute atomic E-state index is 0.839. The lowest BCUT2D eigenvalue weighted by atomic mass is 10.1. The maximum atomic E-state index is 6.00. The Bertz CT molecular complexity index is 650. The lowest BCUT2D eigenvalue weighted by Crippen LogP contribution is -1.92. The highest BCUT2D eigenvalue weighted by atomic mass is 14.9. The van der Waals surface area contributed by atoms with Gasteiger partial charge in [-0.2, -0.15) is 0 Å². The van der Waals surface area contributed by atoms with Gasteiger partial charge in [-0.25, -0.2) is 0 Å². The van der Waals surface area contributed by atoms with Crippen LogP contribution in [-0.2, 0) is 7.05 Å². The Hall–Kier alpha value is -1.96. The smallest absolute Gasteiger partial charge is 0.0722 e. The molecule has 0 bridgehead atoms. The zero-order chi connectivity index (χ0) is 12.4. The second kappa shape index (κ2) is 4.50. The minimum atomic E-state index is 0.839. The number of para-hydroxylation sites is 2. The number of fused-ring (bicyclic) bond motifs is 3. The van der Waals surface area contributed by atoms with E-state index in [2.05, 4.69) is 41.9 Å². The molecule has 2 nitrogen and oxygen atoms in total. The van der Waals surface area contributed by atoms with Gasteiger partial charge in [0, 0.05) is 23.3 Å². The van der Waals surface area contributed by atoms with E-state index in [1.165, 1.54) is 16.3 Å². The van der Waals surface area contributed by atoms with Crippen LogP contribution < -0.4 is 5.73 Å². The van der Waals surface area contributed by atoms with Crippen LogP contribution in [0.3, 0.4) is 0 Å². The molecule has 1 heterocycles. The molecule has 0 saturated heterocycles. The summed E-state index contributed by atoms with van der Waals surface area (Å²) in [6.45, 7) is 4.00. The van der Waals surface area contributed by atoms with Crippen LogP contribution in [0.15, 0.2) is 42.5 Å². The van der Waals surface area contributed by atoms with Crippen LogP contribution in [0, 0.1) is 0 Å². The molecule has 0 aliphatic heterocycles. The van der Waals surface area contributed by atoms with Crippen molar-refractivity contribution >= 4 is 27.5 Å². The first-order chi connectivity index (χ1) is 8.29. The van der Waals surface area contributed by atoms with Crippen LogP contribution in [0.5, 0.6) is 0 Å². The van der Waals surface area contributed by atoms with Crippen LogP contribution >= 0.6 is 0 Å². The molecule has 0 radical (unpaired) electrons. The molecule has 0 aliphatic carbocycles. The Morgan fingerprint density at radius 1 is 0.882 bits per heavy atom. The first-order valence-corrected chi connectivity index (χ1v) is 6.00. The maximum Gasteiger partial charge on any atom is 0.0722 e. The fourth-order valence-electron chi connectivity index (χ4n) is 2.27. The Kier molecular flexibility index (Phi) is 3.05. The van der Waals surface area contributed by atoms with Gasteiger partial charge < -0.3 is 10.3 Å². The van der Waals surface area contributed by atoms with Crippen molar-refractivity contribution in [2.75, 3.05) is 5.73 Å². The number of hydrogen-bond donors (Lipinski definition) is 1. The molecule has 2 N–H and O–H groups in total. The summed E-state index contributed by atoms with van der Waals surface area (Å²) in [5.74, 6) is 0. The van der Waals surface area contributed by atoms with Gasteiger partial charge in [-0.1, -0.05) is 44.2 Å². The number of aromatic nitrogens is 1. The predicted molar refractivity (Wildman–Crippen MR) is 76.2 cm³/mol. The maximum absolute atomic E-state index is 6.00. The molecule has 0 aliphatic rings. The number of rotatable bonds is 0. The monoisotopic (exact) mass is 226 g/mol. The van der Waals surface area contributed by atoms with E-state index in [9.17, 15) is 0 Å². The molecule has 3 aromatic rings. The van der Waals surface area contributed by atoms with Crippen LogP contribution in [0.25, 0.3) is 21.8 Å². The molecule has 17 heavy (non-hydrogen) atoms. The van der Waals surface area contributed by atoms with Gasteiger partial charge in [0.15, 0.2) is 0 Å². The van der Waals surface area contributed by atoms with Crippen molar-refractivity contribution in [3.05, 3.63) is 42.5 Å². The van der Waals surface area contributed by atoms with Crippen LogP contribution in [0.2, 0.25) is 0 Å². The fraction of sp³-hybridized carbons (Fsp3) is 0.200. The Labute approximate surface area is 102 Å². The summed E-state index contributed by atoms with van der Waals surface area (Å²) in [6, 6.07) is 14.4. The molecule has 0 unspecified atom stereocenters. The summed E-state index contributed by atoms with van der Waals surface area (Å²) in [4.78, 5) is 0. The third kappa shape index (κ3) is 1.66. The normalized spacial score (nSPS) is 10.3. The number of benzene rings is 2. The van der Waals surface area contributed by atoms with Gasteiger partial charge in [0.1, 0.15) is 0 Å². The quantitative estimate of drug-likeness (QED) is 0.578. The Balaban J connectivity index is 0.000000514. The van der Waals surface area contributed by atoms with E-state index >= 15 is 0 Å². The SMILES string of the molecule is CC.Cn1c2ccccc2c2cccc(N)c21. The van der Waals surface area contributed by atoms with Gasteiger partial charge in [0.05, 0.1) is 11.2 Å². The van der Waals surface area contributed by atoms with E-state index < -0.39 is 0 Å². The van der Waals surface area contributed by atoms with Crippen molar-refractivity contribution < 1.29 is 0 Å². The van der Waals surface area contributed by atoms with Crippen LogP contribution in [-0.4, -0.2) is 4.57 Å². The second-order valence-corrected chi connectivity index (χ2v) is 3.82. The summed E-state index contributed by atoms with van der Waals surface area (Å²) in [5, 5.41) is 2.50. The molecular weight excluding hydrogens is 208 g/mol. The molecule has 0 atom stereocenters. The molecule has 2 heteroatoms. The van der Waals surface area contributed by atoms with E-state index in [1.807, 2.05) is 26.0 Å². The predicted octanol–water partition coefficient (Wildman–Crippen LogP) is 3.94. The highest BCUT2D eigenvalue weighted by Crippen LogP contribution is 2.30. The van der Waals surface area contributed by atoms with Crippen LogP contribution in [0.1, 0.15) is 13.8 Å². The Morgan fingerprint density at radius 2 is 1.53 bits per heavy atom. The zero-order valence-corrected chi connectivity index (χ0v) is 10.6. The van der Waals surface area contributed by atoms with Crippen molar-refractivity contribution in [2.45, 2.75) is 13.8 Å². The molecule has 0 fully saturated rings. The van der Waals surface area contributed by atoms with Gasteiger partial charge in [-0.3, -0.25) is 0 Å². The van der Waals surface area contributed by atoms with Gasteiger partial charge in [-0.05, 0) is 12.1 Å². The van der Waals surface area contributed by atoms with Crippen molar-refractivity contribution in [3.8, 4) is 0 Å². The van der Waals surface area contributed by atoms with Gasteiger partial charge in [-0.15, -0.1) is 0 Å². The van der Waals surface area contributed by atoms with Gasteiger partial charge in [0.25, 0.3) is 0 Å². The van der Waals surface area contributed by atoms with E-state index in [0.717, 1.165) is 11.2 Å². The highest BCUT2D eigenvalue weighted by molar-refractivity contribution is 6.11. The zero-order valence-electron chi connectivity index (χ0n) is 10.6. The van der Waals surface area contributed by atoms with Crippen molar-refractivity contribution in [2.24, 2.45) is 7.05 Å². The van der Waals surface area contributed by atoms with E-state index in [4.69, 9.17) is 5.73 Å². The Morgan fingerprint density at radius 3 is 2.29 bits per heavy atom. The lowest BCUT2D eigenvalue weighted by Gasteiger charge is -2.00. The number of nitrogen functional groups attached to an aromatic ring is 1. The van der Waals surface area contributed by atoms with Gasteiger partial charge in [0.2, 0.25) is 0 Å². The number of anilines is 1. The van der Waals surface area contributed by atoms with Crippen molar-refractivity contribution in [1.82, 2.24) is 4.57 Å². The fourth-order valence-corrected chi connectivity index (χ4v) is 2.27. The van der Waals surface area contributed by atoms with Crippen molar-refractivity contribution in [1.29, 1.82) is 0 Å². The van der Waals surface area contributed by atoms with Crippen LogP contribution in [0.4, 0.5) is 5.69 Å². The molecule has 1 aromatic heterocycles.